The van der Waals surface area contributed by atoms with Gasteiger partial charge in [0.25, 0.3) is 0 Å². The molecule has 0 aliphatic heterocycles. The summed E-state index contributed by atoms with van der Waals surface area (Å²) < 4.78 is 5.70. The third kappa shape index (κ3) is 6.14. The van der Waals surface area contributed by atoms with E-state index >= 15 is 0 Å². The summed E-state index contributed by atoms with van der Waals surface area (Å²) in [4.78, 5) is 23.9. The topological polar surface area (TPSA) is 67.4 Å². The maximum absolute atomic E-state index is 12.0. The highest BCUT2D eigenvalue weighted by Crippen LogP contribution is 2.18. The van der Waals surface area contributed by atoms with E-state index in [4.69, 9.17) is 16.3 Å². The molecule has 0 spiro atoms. The molecule has 5 nitrogen and oxygen atoms in total. The second-order valence-corrected chi connectivity index (χ2v) is 6.52. The Kier molecular flexibility index (Phi) is 6.65. The summed E-state index contributed by atoms with van der Waals surface area (Å²) >= 11 is 5.86. The first-order chi connectivity index (χ1) is 13.6. The monoisotopic (exact) mass is 394 g/mol. The summed E-state index contributed by atoms with van der Waals surface area (Å²) in [5, 5.41) is 6.05. The van der Waals surface area contributed by atoms with Crippen molar-refractivity contribution in [3.63, 3.8) is 0 Å². The van der Waals surface area contributed by atoms with Gasteiger partial charge in [-0.15, -0.1) is 0 Å². The smallest absolute Gasteiger partial charge is 0.233 e. The molecule has 0 atom stereocenters. The lowest BCUT2D eigenvalue weighted by Crippen LogP contribution is -2.21. The molecule has 0 fully saturated rings. The van der Waals surface area contributed by atoms with E-state index in [0.29, 0.717) is 28.8 Å². The Balaban J connectivity index is 1.46. The van der Waals surface area contributed by atoms with Gasteiger partial charge in [0, 0.05) is 16.4 Å². The number of para-hydroxylation sites is 1. The molecule has 28 heavy (non-hydrogen) atoms. The summed E-state index contributed by atoms with van der Waals surface area (Å²) in [5.74, 6) is -0.0790. The number of hydrogen-bond acceptors (Lipinski definition) is 3. The number of hydrogen-bond donors (Lipinski definition) is 2. The van der Waals surface area contributed by atoms with Crippen molar-refractivity contribution in [2.45, 2.75) is 13.0 Å². The van der Waals surface area contributed by atoms with Gasteiger partial charge in [0.05, 0.1) is 0 Å². The van der Waals surface area contributed by atoms with Crippen molar-refractivity contribution in [3.05, 3.63) is 89.4 Å². The van der Waals surface area contributed by atoms with Crippen molar-refractivity contribution >= 4 is 34.8 Å². The first-order valence-electron chi connectivity index (χ1n) is 8.70. The Labute approximate surface area is 168 Å². The van der Waals surface area contributed by atoms with Crippen molar-refractivity contribution in [3.8, 4) is 5.75 Å². The van der Waals surface area contributed by atoms with E-state index in [2.05, 4.69) is 10.6 Å². The van der Waals surface area contributed by atoms with Crippen LogP contribution in [0.25, 0.3) is 0 Å². The van der Waals surface area contributed by atoms with Crippen molar-refractivity contribution < 1.29 is 14.3 Å². The summed E-state index contributed by atoms with van der Waals surface area (Å²) in [6.07, 6.45) is -0.260. The van der Waals surface area contributed by atoms with E-state index in [9.17, 15) is 9.59 Å². The van der Waals surface area contributed by atoms with Gasteiger partial charge in [0.2, 0.25) is 11.8 Å². The van der Waals surface area contributed by atoms with Crippen LogP contribution in [0.1, 0.15) is 12.0 Å². The van der Waals surface area contributed by atoms with Crippen LogP contribution in [0, 0.1) is 0 Å². The number of nitrogens with one attached hydrogen (secondary N) is 2. The number of carbonyl (C=O) groups is 2. The van der Waals surface area contributed by atoms with Crippen LogP contribution >= 0.6 is 11.6 Å². The van der Waals surface area contributed by atoms with Gasteiger partial charge < -0.3 is 15.4 Å². The summed E-state index contributed by atoms with van der Waals surface area (Å²) in [6.45, 7) is 0.419. The quantitative estimate of drug-likeness (QED) is 0.561. The lowest BCUT2D eigenvalue weighted by Gasteiger charge is -2.09. The molecule has 0 aromatic heterocycles. The van der Waals surface area contributed by atoms with Crippen molar-refractivity contribution in [1.29, 1.82) is 0 Å². The van der Waals surface area contributed by atoms with E-state index in [0.717, 1.165) is 5.56 Å². The number of benzene rings is 3. The zero-order valence-electron chi connectivity index (χ0n) is 15.0. The molecular formula is C22H19ClN2O3. The maximum Gasteiger partial charge on any atom is 0.233 e. The zero-order valence-corrected chi connectivity index (χ0v) is 15.8. The van der Waals surface area contributed by atoms with Gasteiger partial charge >= 0.3 is 0 Å². The molecule has 3 aromatic rings. The maximum atomic E-state index is 12.0. The normalized spacial score (nSPS) is 10.2. The molecular weight excluding hydrogens is 376 g/mol. The average Bonchev–Trinajstić information content (AvgIpc) is 2.69. The van der Waals surface area contributed by atoms with Crippen LogP contribution in [0.3, 0.4) is 0 Å². The fourth-order valence-corrected chi connectivity index (χ4v) is 2.59. The minimum absolute atomic E-state index is 0.260. The van der Waals surface area contributed by atoms with E-state index in [-0.39, 0.29) is 18.2 Å². The van der Waals surface area contributed by atoms with Crippen LogP contribution in [0.15, 0.2) is 78.9 Å². The van der Waals surface area contributed by atoms with Gasteiger partial charge in [-0.1, -0.05) is 41.9 Å². The van der Waals surface area contributed by atoms with Gasteiger partial charge in [-0.3, -0.25) is 9.59 Å². The fraction of sp³-hybridized carbons (Fsp3) is 0.0909. The molecule has 0 saturated heterocycles. The highest BCUT2D eigenvalue weighted by atomic mass is 35.5. The molecule has 3 rings (SSSR count). The predicted octanol–water partition coefficient (Wildman–Crippen LogP) is 4.89. The highest BCUT2D eigenvalue weighted by molar-refractivity contribution is 6.30. The predicted molar refractivity (Wildman–Crippen MR) is 111 cm³/mol. The minimum Gasteiger partial charge on any atom is -0.489 e. The van der Waals surface area contributed by atoms with Crippen molar-refractivity contribution in [2.75, 3.05) is 10.6 Å². The van der Waals surface area contributed by atoms with Crippen LogP contribution in [0.2, 0.25) is 5.02 Å². The van der Waals surface area contributed by atoms with Crippen LogP contribution in [-0.4, -0.2) is 11.8 Å². The molecule has 0 saturated carbocycles. The molecule has 6 heteroatoms. The van der Waals surface area contributed by atoms with Gasteiger partial charge in [-0.2, -0.15) is 0 Å². The van der Waals surface area contributed by atoms with E-state index in [1.807, 2.05) is 42.5 Å². The van der Waals surface area contributed by atoms with Crippen LogP contribution in [0.4, 0.5) is 11.4 Å². The lowest BCUT2D eigenvalue weighted by molar-refractivity contribution is -0.123. The Morgan fingerprint density at radius 3 is 1.93 bits per heavy atom. The SMILES string of the molecule is O=C(CC(=O)Nc1ccc(OCc2ccc(Cl)cc2)cc1)Nc1ccccc1. The number of carbonyl (C=O) groups excluding carboxylic acids is 2. The lowest BCUT2D eigenvalue weighted by atomic mass is 10.2. The largest absolute Gasteiger partial charge is 0.489 e. The standard InChI is InChI=1S/C22H19ClN2O3/c23-17-8-6-16(7-9-17)15-28-20-12-10-19(11-13-20)25-22(27)14-21(26)24-18-4-2-1-3-5-18/h1-13H,14-15H2,(H,24,26)(H,25,27). The molecule has 0 heterocycles. The molecule has 142 valence electrons. The minimum atomic E-state index is -0.386. The van der Waals surface area contributed by atoms with Crippen LogP contribution in [0.5, 0.6) is 5.75 Å². The van der Waals surface area contributed by atoms with E-state index in [1.165, 1.54) is 0 Å². The Morgan fingerprint density at radius 2 is 1.32 bits per heavy atom. The zero-order chi connectivity index (χ0) is 19.8. The van der Waals surface area contributed by atoms with Crippen molar-refractivity contribution in [2.24, 2.45) is 0 Å². The molecule has 0 bridgehead atoms. The van der Waals surface area contributed by atoms with Gasteiger partial charge in [-0.05, 0) is 54.1 Å². The second-order valence-electron chi connectivity index (χ2n) is 6.08. The second kappa shape index (κ2) is 9.58. The third-order valence-corrected chi connectivity index (χ3v) is 4.09. The summed E-state index contributed by atoms with van der Waals surface area (Å²) in [5.41, 5.74) is 2.25. The number of amides is 2. The summed E-state index contributed by atoms with van der Waals surface area (Å²) in [6, 6.07) is 23.4. The molecule has 3 aromatic carbocycles. The molecule has 0 radical (unpaired) electrons. The summed E-state index contributed by atoms with van der Waals surface area (Å²) in [7, 11) is 0. The molecule has 0 aliphatic carbocycles. The number of anilines is 2. The Morgan fingerprint density at radius 1 is 0.750 bits per heavy atom. The molecule has 0 unspecified atom stereocenters. The Hall–Kier alpha value is -3.31. The van der Waals surface area contributed by atoms with Crippen molar-refractivity contribution in [1.82, 2.24) is 0 Å². The van der Waals surface area contributed by atoms with Gasteiger partial charge in [0.15, 0.2) is 0 Å². The third-order valence-electron chi connectivity index (χ3n) is 3.84. The fourth-order valence-electron chi connectivity index (χ4n) is 2.46. The number of ether oxygens (including phenoxy) is 1. The van der Waals surface area contributed by atoms with E-state index in [1.54, 1.807) is 36.4 Å². The molecule has 0 aliphatic rings. The highest BCUT2D eigenvalue weighted by Gasteiger charge is 2.10. The van der Waals surface area contributed by atoms with E-state index < -0.39 is 0 Å². The first-order valence-corrected chi connectivity index (χ1v) is 9.08. The van der Waals surface area contributed by atoms with Gasteiger partial charge in [0.1, 0.15) is 18.8 Å². The first kappa shape index (κ1) is 19.5. The van der Waals surface area contributed by atoms with Crippen LogP contribution < -0.4 is 15.4 Å². The molecule has 2 amide bonds. The molecule has 2 N–H and O–H groups in total. The van der Waals surface area contributed by atoms with Crippen LogP contribution in [-0.2, 0) is 16.2 Å². The number of halogens is 1. The number of rotatable bonds is 7. The Bertz CT molecular complexity index is 926. The average molecular weight is 395 g/mol. The van der Waals surface area contributed by atoms with Gasteiger partial charge in [-0.25, -0.2) is 0 Å².